The van der Waals surface area contributed by atoms with Gasteiger partial charge in [0.05, 0.1) is 5.69 Å². The molecule has 2 nitrogen and oxygen atoms in total. The molecule has 0 radical (unpaired) electrons. The third-order valence-corrected chi connectivity index (χ3v) is 12.1. The van der Waals surface area contributed by atoms with Crippen LogP contribution in [0.5, 0.6) is 0 Å². The Kier molecular flexibility index (Phi) is 5.45. The van der Waals surface area contributed by atoms with E-state index in [1.165, 1.54) is 62.2 Å². The molecule has 11 aromatic rings. The highest BCUT2D eigenvalue weighted by atomic mass is 32.1. The molecular formula is C44H25NOS2. The van der Waals surface area contributed by atoms with Crippen LogP contribution in [0, 0.1) is 0 Å². The van der Waals surface area contributed by atoms with Crippen LogP contribution in [0.1, 0.15) is 0 Å². The third kappa shape index (κ3) is 3.67. The minimum absolute atomic E-state index is 0.889. The Hall–Kier alpha value is -5.68. The Bertz CT molecular complexity index is 3070. The van der Waals surface area contributed by atoms with Crippen LogP contribution < -0.4 is 4.90 Å². The maximum atomic E-state index is 6.68. The summed E-state index contributed by atoms with van der Waals surface area (Å²) in [7, 11) is 0. The van der Waals surface area contributed by atoms with E-state index in [1.54, 1.807) is 0 Å². The van der Waals surface area contributed by atoms with Gasteiger partial charge in [-0.3, -0.25) is 0 Å². The number of para-hydroxylation sites is 1. The highest BCUT2D eigenvalue weighted by Crippen LogP contribution is 2.50. The Labute approximate surface area is 283 Å². The first kappa shape index (κ1) is 26.4. The molecule has 3 aromatic heterocycles. The van der Waals surface area contributed by atoms with Crippen molar-refractivity contribution in [1.29, 1.82) is 0 Å². The summed E-state index contributed by atoms with van der Waals surface area (Å²) in [6.45, 7) is 0. The van der Waals surface area contributed by atoms with Crippen LogP contribution in [0.3, 0.4) is 0 Å². The summed E-state index contributed by atoms with van der Waals surface area (Å²) >= 11 is 3.79. The number of anilines is 3. The van der Waals surface area contributed by atoms with E-state index in [9.17, 15) is 0 Å². The molecule has 0 fully saturated rings. The van der Waals surface area contributed by atoms with Gasteiger partial charge in [0, 0.05) is 73.9 Å². The van der Waals surface area contributed by atoms with Gasteiger partial charge in [0.2, 0.25) is 0 Å². The largest absolute Gasteiger partial charge is 0.455 e. The second kappa shape index (κ2) is 9.91. The van der Waals surface area contributed by atoms with Crippen LogP contribution in [-0.4, -0.2) is 0 Å². The van der Waals surface area contributed by atoms with E-state index in [4.69, 9.17) is 4.42 Å². The predicted octanol–water partition coefficient (Wildman–Crippen LogP) is 14.1. The molecule has 0 atom stereocenters. The van der Waals surface area contributed by atoms with Crippen LogP contribution in [0.25, 0.3) is 83.8 Å². The molecule has 0 spiro atoms. The minimum Gasteiger partial charge on any atom is -0.455 e. The Balaban J connectivity index is 1.22. The van der Waals surface area contributed by atoms with E-state index >= 15 is 0 Å². The third-order valence-electron chi connectivity index (χ3n) is 9.82. The van der Waals surface area contributed by atoms with Crippen molar-refractivity contribution < 1.29 is 4.42 Å². The van der Waals surface area contributed by atoms with Crippen LogP contribution in [0.2, 0.25) is 0 Å². The first-order valence-electron chi connectivity index (χ1n) is 16.2. The highest BCUT2D eigenvalue weighted by molar-refractivity contribution is 7.28. The topological polar surface area (TPSA) is 16.4 Å². The minimum atomic E-state index is 0.889. The van der Waals surface area contributed by atoms with Crippen molar-refractivity contribution in [3.63, 3.8) is 0 Å². The van der Waals surface area contributed by atoms with Crippen molar-refractivity contribution in [2.75, 3.05) is 4.90 Å². The Morgan fingerprint density at radius 3 is 1.96 bits per heavy atom. The number of hydrogen-bond donors (Lipinski definition) is 0. The lowest BCUT2D eigenvalue weighted by molar-refractivity contribution is 0.673. The number of rotatable bonds is 3. The van der Waals surface area contributed by atoms with Gasteiger partial charge in [-0.2, -0.15) is 0 Å². The van der Waals surface area contributed by atoms with Gasteiger partial charge in [0.25, 0.3) is 0 Å². The average molecular weight is 648 g/mol. The molecule has 11 rings (SSSR count). The van der Waals surface area contributed by atoms with Crippen LogP contribution in [0.15, 0.2) is 156 Å². The lowest BCUT2D eigenvalue weighted by atomic mass is 10.0. The van der Waals surface area contributed by atoms with Crippen molar-refractivity contribution in [1.82, 2.24) is 0 Å². The fourth-order valence-corrected chi connectivity index (χ4v) is 10.1. The first-order chi connectivity index (χ1) is 23.8. The normalized spacial score (nSPS) is 12.2. The number of thiophene rings is 2. The second-order valence-electron chi connectivity index (χ2n) is 12.4. The summed E-state index contributed by atoms with van der Waals surface area (Å²) in [5.41, 5.74) is 5.17. The van der Waals surface area contributed by atoms with Crippen LogP contribution in [-0.2, 0) is 0 Å². The van der Waals surface area contributed by atoms with Gasteiger partial charge in [-0.25, -0.2) is 0 Å². The lowest BCUT2D eigenvalue weighted by Crippen LogP contribution is -2.10. The number of nitrogens with zero attached hydrogens (tertiary/aromatic N) is 1. The fraction of sp³-hybridized carbons (Fsp3) is 0. The number of furan rings is 1. The Morgan fingerprint density at radius 1 is 0.417 bits per heavy atom. The van der Waals surface area contributed by atoms with Crippen molar-refractivity contribution >= 4 is 124 Å². The van der Waals surface area contributed by atoms with E-state index < -0.39 is 0 Å². The number of fused-ring (bicyclic) bond motifs is 14. The maximum Gasteiger partial charge on any atom is 0.143 e. The molecule has 0 aliphatic carbocycles. The molecule has 0 bridgehead atoms. The van der Waals surface area contributed by atoms with Gasteiger partial charge in [0.15, 0.2) is 0 Å². The van der Waals surface area contributed by atoms with Crippen molar-refractivity contribution in [3.8, 4) is 0 Å². The summed E-state index contributed by atoms with van der Waals surface area (Å²) in [5, 5.41) is 12.5. The molecule has 0 saturated heterocycles. The molecular weight excluding hydrogens is 623 g/mol. The summed E-state index contributed by atoms with van der Waals surface area (Å²) in [6.07, 6.45) is 0. The molecule has 0 saturated carbocycles. The summed E-state index contributed by atoms with van der Waals surface area (Å²) in [6, 6.07) is 55.0. The zero-order valence-corrected chi connectivity index (χ0v) is 27.2. The zero-order valence-electron chi connectivity index (χ0n) is 25.6. The van der Waals surface area contributed by atoms with Gasteiger partial charge in [-0.15, -0.1) is 22.7 Å². The molecule has 0 aliphatic rings. The molecule has 3 heterocycles. The van der Waals surface area contributed by atoms with E-state index in [2.05, 4.69) is 157 Å². The Morgan fingerprint density at radius 2 is 1.10 bits per heavy atom. The van der Waals surface area contributed by atoms with Gasteiger partial charge < -0.3 is 9.32 Å². The zero-order chi connectivity index (χ0) is 31.3. The summed E-state index contributed by atoms with van der Waals surface area (Å²) < 4.78 is 12.0. The molecule has 4 heteroatoms. The quantitative estimate of drug-likeness (QED) is 0.190. The number of hydrogen-bond acceptors (Lipinski definition) is 4. The molecule has 8 aromatic carbocycles. The van der Waals surface area contributed by atoms with Gasteiger partial charge >= 0.3 is 0 Å². The van der Waals surface area contributed by atoms with Crippen molar-refractivity contribution in [2.45, 2.75) is 0 Å². The molecule has 224 valence electrons. The standard InChI is InChI=1S/C44H25NOS2/c1-2-11-28(12-3-1)45(29-19-22-32-33-20-17-26-9-4-6-13-30(26)43(33)46-36(32)25-29)35-15-8-16-37-41(35)42-39(47-37)24-23-38-40(42)34-21-18-27-10-5-7-14-31(27)44(34)48-38/h1-25H. The van der Waals surface area contributed by atoms with Gasteiger partial charge in [-0.05, 0) is 70.8 Å². The summed E-state index contributed by atoms with van der Waals surface area (Å²) in [5.74, 6) is 0. The molecule has 0 N–H and O–H groups in total. The van der Waals surface area contributed by atoms with Crippen LogP contribution in [0.4, 0.5) is 17.1 Å². The molecule has 48 heavy (non-hydrogen) atoms. The van der Waals surface area contributed by atoms with Crippen molar-refractivity contribution in [3.05, 3.63) is 152 Å². The average Bonchev–Trinajstić information content (AvgIpc) is 3.83. The van der Waals surface area contributed by atoms with Gasteiger partial charge in [0.1, 0.15) is 11.2 Å². The molecule has 0 amide bonds. The van der Waals surface area contributed by atoms with Gasteiger partial charge in [-0.1, -0.05) is 91.0 Å². The predicted molar refractivity (Wildman–Crippen MR) is 209 cm³/mol. The van der Waals surface area contributed by atoms with Crippen molar-refractivity contribution in [2.24, 2.45) is 0 Å². The van der Waals surface area contributed by atoms with E-state index in [1.807, 2.05) is 22.7 Å². The smallest absolute Gasteiger partial charge is 0.143 e. The van der Waals surface area contributed by atoms with E-state index in [0.29, 0.717) is 0 Å². The van der Waals surface area contributed by atoms with E-state index in [0.717, 1.165) is 38.7 Å². The first-order valence-corrected chi connectivity index (χ1v) is 17.8. The monoisotopic (exact) mass is 647 g/mol. The maximum absolute atomic E-state index is 6.68. The summed E-state index contributed by atoms with van der Waals surface area (Å²) in [4.78, 5) is 2.40. The molecule has 0 aliphatic heterocycles. The fourth-order valence-electron chi connectivity index (χ4n) is 7.71. The van der Waals surface area contributed by atoms with E-state index in [-0.39, 0.29) is 0 Å². The SMILES string of the molecule is c1ccc(N(c2ccc3c(c2)oc2c4ccccc4ccc32)c2cccc3sc4ccc5sc6c7ccccc7ccc6c5c4c23)cc1. The lowest BCUT2D eigenvalue weighted by Gasteiger charge is -2.26. The van der Waals surface area contributed by atoms with Crippen LogP contribution >= 0.6 is 22.7 Å². The highest BCUT2D eigenvalue weighted by Gasteiger charge is 2.22. The second-order valence-corrected chi connectivity index (χ2v) is 14.6. The molecule has 0 unspecified atom stereocenters. The number of benzene rings is 8.